The summed E-state index contributed by atoms with van der Waals surface area (Å²) in [7, 11) is 0. The number of nitrogens with one attached hydrogen (secondary N) is 1. The predicted octanol–water partition coefficient (Wildman–Crippen LogP) is 5.33. The van der Waals surface area contributed by atoms with Gasteiger partial charge in [-0.25, -0.2) is 0 Å². The minimum atomic E-state index is 0.276. The van der Waals surface area contributed by atoms with Crippen molar-refractivity contribution in [3.63, 3.8) is 0 Å². The van der Waals surface area contributed by atoms with E-state index in [1.54, 1.807) is 30.3 Å². The molecule has 2 aromatic carbocycles. The fourth-order valence-electron chi connectivity index (χ4n) is 1.72. The topological polar surface area (TPSA) is 38.0 Å². The van der Waals surface area contributed by atoms with Crippen molar-refractivity contribution in [3.05, 3.63) is 56.5 Å². The summed E-state index contributed by atoms with van der Waals surface area (Å²) in [4.78, 5) is 0.276. The molecule has 0 fully saturated rings. The maximum absolute atomic E-state index is 6.20. The average Bonchev–Trinajstić information content (AvgIpc) is 2.35. The molecule has 104 valence electrons. The molecular weight excluding hydrogens is 335 g/mol. The minimum absolute atomic E-state index is 0.276. The molecular formula is C14H11Cl3N2S. The minimum Gasteiger partial charge on any atom is -0.389 e. The number of hydrogen-bond donors (Lipinski definition) is 2. The molecule has 2 nitrogen and oxygen atoms in total. The predicted molar refractivity (Wildman–Crippen MR) is 91.8 cm³/mol. The Labute approximate surface area is 137 Å². The average molecular weight is 346 g/mol. The third-order valence-electron chi connectivity index (χ3n) is 2.76. The zero-order valence-corrected chi connectivity index (χ0v) is 13.6. The van der Waals surface area contributed by atoms with Crippen molar-refractivity contribution in [3.8, 4) is 0 Å². The summed E-state index contributed by atoms with van der Waals surface area (Å²) in [5.41, 5.74) is 8.65. The van der Waals surface area contributed by atoms with E-state index in [2.05, 4.69) is 5.32 Å². The van der Waals surface area contributed by atoms with Crippen molar-refractivity contribution in [2.75, 3.05) is 5.32 Å². The van der Waals surface area contributed by atoms with Crippen LogP contribution in [-0.2, 0) is 0 Å². The molecule has 0 bridgehead atoms. The summed E-state index contributed by atoms with van der Waals surface area (Å²) in [6, 6.07) is 8.77. The number of benzene rings is 2. The fraction of sp³-hybridized carbons (Fsp3) is 0.0714. The molecule has 0 aliphatic rings. The molecule has 0 aromatic heterocycles. The van der Waals surface area contributed by atoms with Crippen LogP contribution in [-0.4, -0.2) is 4.99 Å². The third kappa shape index (κ3) is 3.36. The number of rotatable bonds is 3. The maximum atomic E-state index is 6.20. The van der Waals surface area contributed by atoms with Crippen molar-refractivity contribution in [1.82, 2.24) is 0 Å². The van der Waals surface area contributed by atoms with Gasteiger partial charge in [-0.2, -0.15) is 0 Å². The Hall–Kier alpha value is -1.00. The fourth-order valence-corrected chi connectivity index (χ4v) is 2.50. The van der Waals surface area contributed by atoms with Crippen molar-refractivity contribution in [1.29, 1.82) is 0 Å². The zero-order chi connectivity index (χ0) is 14.9. The molecule has 3 N–H and O–H groups in total. The summed E-state index contributed by atoms with van der Waals surface area (Å²) in [6.45, 7) is 1.89. The molecule has 0 radical (unpaired) electrons. The Kier molecular flexibility index (Phi) is 4.76. The molecule has 0 amide bonds. The summed E-state index contributed by atoms with van der Waals surface area (Å²) in [5, 5.41) is 4.91. The number of halogens is 3. The lowest BCUT2D eigenvalue weighted by Gasteiger charge is -2.14. The quantitative estimate of drug-likeness (QED) is 0.738. The van der Waals surface area contributed by atoms with E-state index in [9.17, 15) is 0 Å². The third-order valence-corrected chi connectivity index (χ3v) is 3.94. The van der Waals surface area contributed by atoms with Gasteiger partial charge in [0, 0.05) is 15.6 Å². The highest BCUT2D eigenvalue weighted by Crippen LogP contribution is 2.33. The number of thiocarbonyl (C=S) groups is 1. The van der Waals surface area contributed by atoms with Crippen LogP contribution in [0, 0.1) is 6.92 Å². The first-order valence-corrected chi connectivity index (χ1v) is 7.24. The molecule has 2 rings (SSSR count). The molecule has 0 spiro atoms. The van der Waals surface area contributed by atoms with E-state index >= 15 is 0 Å². The van der Waals surface area contributed by atoms with Gasteiger partial charge in [-0.3, -0.25) is 0 Å². The standard InChI is InChI=1S/C14H11Cl3N2S/c1-7-4-11(17)13(6-10(7)16)19-12-5-8(15)2-3-9(12)14(18)20/h2-6,19H,1H3,(H2,18,20). The summed E-state index contributed by atoms with van der Waals surface area (Å²) in [5.74, 6) is 0. The smallest absolute Gasteiger partial charge is 0.106 e. The lowest BCUT2D eigenvalue weighted by Crippen LogP contribution is -2.12. The monoisotopic (exact) mass is 344 g/mol. The van der Waals surface area contributed by atoms with Crippen LogP contribution in [0.15, 0.2) is 30.3 Å². The largest absolute Gasteiger partial charge is 0.389 e. The molecule has 0 atom stereocenters. The Morgan fingerprint density at radius 2 is 1.75 bits per heavy atom. The van der Waals surface area contributed by atoms with Gasteiger partial charge in [-0.05, 0) is 42.8 Å². The van der Waals surface area contributed by atoms with Crippen LogP contribution < -0.4 is 11.1 Å². The summed E-state index contributed by atoms with van der Waals surface area (Å²) < 4.78 is 0. The van der Waals surface area contributed by atoms with Gasteiger partial charge in [0.25, 0.3) is 0 Å². The van der Waals surface area contributed by atoms with Crippen molar-refractivity contribution in [2.45, 2.75) is 6.92 Å². The number of aryl methyl sites for hydroxylation is 1. The van der Waals surface area contributed by atoms with E-state index in [1.807, 2.05) is 6.92 Å². The first-order chi connectivity index (χ1) is 9.38. The number of nitrogens with two attached hydrogens (primary N) is 1. The second-order valence-corrected chi connectivity index (χ2v) is 5.95. The van der Waals surface area contributed by atoms with Gasteiger partial charge in [0.2, 0.25) is 0 Å². The van der Waals surface area contributed by atoms with Crippen LogP contribution in [0.3, 0.4) is 0 Å². The highest BCUT2D eigenvalue weighted by Gasteiger charge is 2.10. The van der Waals surface area contributed by atoms with Crippen LogP contribution >= 0.6 is 47.0 Å². The second-order valence-electron chi connectivity index (χ2n) is 4.26. The maximum Gasteiger partial charge on any atom is 0.106 e. The van der Waals surface area contributed by atoms with E-state index in [0.29, 0.717) is 32.0 Å². The molecule has 0 unspecified atom stereocenters. The van der Waals surface area contributed by atoms with Gasteiger partial charge >= 0.3 is 0 Å². The normalized spacial score (nSPS) is 10.4. The molecule has 0 aliphatic carbocycles. The van der Waals surface area contributed by atoms with Crippen molar-refractivity contribution in [2.24, 2.45) is 5.73 Å². The second kappa shape index (κ2) is 6.19. The summed E-state index contributed by atoms with van der Waals surface area (Å²) in [6.07, 6.45) is 0. The van der Waals surface area contributed by atoms with Crippen LogP contribution in [0.5, 0.6) is 0 Å². The van der Waals surface area contributed by atoms with Gasteiger partial charge in [-0.15, -0.1) is 0 Å². The first-order valence-electron chi connectivity index (χ1n) is 5.70. The van der Waals surface area contributed by atoms with Crippen molar-refractivity contribution >= 4 is 63.4 Å². The highest BCUT2D eigenvalue weighted by molar-refractivity contribution is 7.80. The molecule has 0 saturated heterocycles. The van der Waals surface area contributed by atoms with Gasteiger partial charge in [-0.1, -0.05) is 47.0 Å². The Bertz CT molecular complexity index is 686. The Balaban J connectivity index is 2.47. The van der Waals surface area contributed by atoms with Gasteiger partial charge < -0.3 is 11.1 Å². The van der Waals surface area contributed by atoms with Crippen LogP contribution in [0.1, 0.15) is 11.1 Å². The first kappa shape index (κ1) is 15.4. The van der Waals surface area contributed by atoms with E-state index in [4.69, 9.17) is 52.8 Å². The van der Waals surface area contributed by atoms with E-state index < -0.39 is 0 Å². The molecule has 0 heterocycles. The van der Waals surface area contributed by atoms with Gasteiger partial charge in [0.05, 0.1) is 16.4 Å². The lowest BCUT2D eigenvalue weighted by atomic mass is 10.1. The molecule has 0 aliphatic heterocycles. The van der Waals surface area contributed by atoms with Crippen LogP contribution in [0.25, 0.3) is 0 Å². The van der Waals surface area contributed by atoms with E-state index in [-0.39, 0.29) is 4.99 Å². The van der Waals surface area contributed by atoms with Gasteiger partial charge in [0.15, 0.2) is 0 Å². The van der Waals surface area contributed by atoms with E-state index in [0.717, 1.165) is 5.56 Å². The highest BCUT2D eigenvalue weighted by atomic mass is 35.5. The summed E-state index contributed by atoms with van der Waals surface area (Å²) >= 11 is 23.3. The van der Waals surface area contributed by atoms with Crippen molar-refractivity contribution < 1.29 is 0 Å². The molecule has 6 heteroatoms. The number of anilines is 2. The lowest BCUT2D eigenvalue weighted by molar-refractivity contribution is 1.45. The Morgan fingerprint density at radius 1 is 1.05 bits per heavy atom. The van der Waals surface area contributed by atoms with Gasteiger partial charge in [0.1, 0.15) is 4.99 Å². The van der Waals surface area contributed by atoms with Crippen LogP contribution in [0.4, 0.5) is 11.4 Å². The molecule has 2 aromatic rings. The zero-order valence-electron chi connectivity index (χ0n) is 10.5. The molecule has 0 saturated carbocycles. The van der Waals surface area contributed by atoms with Crippen LogP contribution in [0.2, 0.25) is 15.1 Å². The number of hydrogen-bond acceptors (Lipinski definition) is 2. The Morgan fingerprint density at radius 3 is 2.40 bits per heavy atom. The SMILES string of the molecule is Cc1cc(Cl)c(Nc2cc(Cl)ccc2C(N)=S)cc1Cl. The van der Waals surface area contributed by atoms with E-state index in [1.165, 1.54) is 0 Å². The molecule has 20 heavy (non-hydrogen) atoms.